The predicted octanol–water partition coefficient (Wildman–Crippen LogP) is 14.9. The second-order valence-electron chi connectivity index (χ2n) is 14.1. The van der Waals surface area contributed by atoms with Gasteiger partial charge in [-0.25, -0.2) is 0 Å². The summed E-state index contributed by atoms with van der Waals surface area (Å²) in [5.74, 6) is 0. The Labute approximate surface area is 392 Å². The molecule has 10 rings (SSSR count). The summed E-state index contributed by atoms with van der Waals surface area (Å²) < 4.78 is 4.97. The third-order valence-corrected chi connectivity index (χ3v) is 11.7. The van der Waals surface area contributed by atoms with Crippen LogP contribution in [0.2, 0.25) is 0 Å². The van der Waals surface area contributed by atoms with Gasteiger partial charge in [0.05, 0.1) is 37.9 Å². The van der Waals surface area contributed by atoms with E-state index in [9.17, 15) is 20.2 Å². The molecule has 0 saturated heterocycles. The SMILES string of the molecule is Ic1cccc(-c2ccccn2)c1.O=[N+]([O-])c1ccc(Br)cc1-c1ccc2[nH]ccc2c1.O=[N+]([O-])c1ccc(Br)cc1-c1ccc2c(ccn2-c2cccc(-c3ccccn3)c2)c1. The molecule has 4 heterocycles. The van der Waals surface area contributed by atoms with E-state index in [2.05, 4.69) is 104 Å². The van der Waals surface area contributed by atoms with E-state index in [4.69, 9.17) is 0 Å². The highest BCUT2D eigenvalue weighted by Crippen LogP contribution is 2.36. The Kier molecular flexibility index (Phi) is 13.3. The van der Waals surface area contributed by atoms with E-state index in [1.807, 2.05) is 122 Å². The Morgan fingerprint density at radius 3 is 1.71 bits per heavy atom. The van der Waals surface area contributed by atoms with Crippen molar-refractivity contribution in [3.05, 3.63) is 227 Å². The van der Waals surface area contributed by atoms with E-state index in [-0.39, 0.29) is 21.2 Å². The molecule has 0 amide bonds. The summed E-state index contributed by atoms with van der Waals surface area (Å²) in [5.41, 5.74) is 10.3. The normalized spacial score (nSPS) is 10.7. The maximum Gasteiger partial charge on any atom is 0.277 e. The quantitative estimate of drug-likeness (QED) is 0.0960. The summed E-state index contributed by atoms with van der Waals surface area (Å²) in [7, 11) is 0. The summed E-state index contributed by atoms with van der Waals surface area (Å²) in [4.78, 5) is 33.7. The average molecular weight is 1070 g/mol. The van der Waals surface area contributed by atoms with Gasteiger partial charge in [0, 0.05) is 77.2 Å². The fourth-order valence-electron chi connectivity index (χ4n) is 7.08. The van der Waals surface area contributed by atoms with Crippen LogP contribution in [0.3, 0.4) is 0 Å². The van der Waals surface area contributed by atoms with E-state index in [1.165, 1.54) is 21.3 Å². The molecule has 0 aliphatic carbocycles. The Morgan fingerprint density at radius 1 is 0.540 bits per heavy atom. The first kappa shape index (κ1) is 42.9. The third-order valence-electron chi connectivity index (χ3n) is 10.0. The predicted molar refractivity (Wildman–Crippen MR) is 267 cm³/mol. The van der Waals surface area contributed by atoms with Crippen molar-refractivity contribution >= 4 is 87.6 Å². The Hall–Kier alpha value is -6.81. The zero-order chi connectivity index (χ0) is 43.9. The largest absolute Gasteiger partial charge is 0.361 e. The molecular formula is C50H33Br2IN6O4. The fourth-order valence-corrected chi connectivity index (χ4v) is 8.35. The average Bonchev–Trinajstić information content (AvgIpc) is 3.97. The molecule has 0 radical (unpaired) electrons. The first-order valence-electron chi connectivity index (χ1n) is 19.4. The van der Waals surface area contributed by atoms with Gasteiger partial charge in [-0.2, -0.15) is 0 Å². The van der Waals surface area contributed by atoms with Crippen molar-refractivity contribution in [1.29, 1.82) is 0 Å². The van der Waals surface area contributed by atoms with E-state index < -0.39 is 0 Å². The highest BCUT2D eigenvalue weighted by atomic mass is 127. The van der Waals surface area contributed by atoms with Crippen molar-refractivity contribution in [2.45, 2.75) is 0 Å². The summed E-state index contributed by atoms with van der Waals surface area (Å²) >= 11 is 9.08. The van der Waals surface area contributed by atoms with Crippen molar-refractivity contribution < 1.29 is 9.85 Å². The van der Waals surface area contributed by atoms with E-state index in [1.54, 1.807) is 30.5 Å². The number of nitrogens with zero attached hydrogens (tertiary/aromatic N) is 5. The van der Waals surface area contributed by atoms with Crippen molar-refractivity contribution in [2.24, 2.45) is 0 Å². The topological polar surface area (TPSA) is 133 Å². The van der Waals surface area contributed by atoms with E-state index in [0.29, 0.717) is 11.1 Å². The van der Waals surface area contributed by atoms with Crippen LogP contribution < -0.4 is 0 Å². The first-order valence-corrected chi connectivity index (χ1v) is 22.0. The van der Waals surface area contributed by atoms with Gasteiger partial charge >= 0.3 is 0 Å². The van der Waals surface area contributed by atoms with Crippen LogP contribution in [-0.2, 0) is 0 Å². The highest BCUT2D eigenvalue weighted by molar-refractivity contribution is 14.1. The van der Waals surface area contributed by atoms with Crippen LogP contribution in [0.5, 0.6) is 0 Å². The minimum absolute atomic E-state index is 0.0880. The minimum atomic E-state index is -0.358. The van der Waals surface area contributed by atoms with E-state index in [0.717, 1.165) is 64.5 Å². The molecule has 63 heavy (non-hydrogen) atoms. The first-order chi connectivity index (χ1) is 30.6. The lowest BCUT2D eigenvalue weighted by Gasteiger charge is -2.09. The molecule has 0 atom stereocenters. The van der Waals surface area contributed by atoms with Gasteiger partial charge in [-0.3, -0.25) is 30.2 Å². The van der Waals surface area contributed by atoms with Crippen molar-refractivity contribution in [3.8, 4) is 50.5 Å². The van der Waals surface area contributed by atoms with Gasteiger partial charge in [-0.15, -0.1) is 0 Å². The zero-order valence-electron chi connectivity index (χ0n) is 33.0. The summed E-state index contributed by atoms with van der Waals surface area (Å²) in [6.45, 7) is 0. The maximum absolute atomic E-state index is 11.5. The summed E-state index contributed by atoms with van der Waals surface area (Å²) in [6.07, 6.45) is 7.47. The van der Waals surface area contributed by atoms with Crippen LogP contribution in [0.1, 0.15) is 0 Å². The minimum Gasteiger partial charge on any atom is -0.361 e. The molecular weight excluding hydrogens is 1040 g/mol. The Balaban J connectivity index is 0.000000144. The van der Waals surface area contributed by atoms with Gasteiger partial charge in [0.2, 0.25) is 0 Å². The number of halogens is 3. The van der Waals surface area contributed by atoms with Crippen LogP contribution in [-0.4, -0.2) is 29.4 Å². The molecule has 6 aromatic carbocycles. The molecule has 0 spiro atoms. The standard InChI is InChI=1S/C25H16BrN3O2.C14H9BrN2O2.C11H8IN/c26-20-8-10-25(29(30)31)22(16-20)17-7-9-24-19(14-17)11-13-28(24)21-5-3-4-18(15-21)23-6-1-2-12-27-23;15-11-2-4-14(17(18)19)12(8-11)9-1-3-13-10(7-9)5-6-16-13;12-10-5-3-4-9(8-10)11-6-1-2-7-13-11/h1-16H;1-8,16H;1-8H. The van der Waals surface area contributed by atoms with Crippen molar-refractivity contribution in [1.82, 2.24) is 19.5 Å². The molecule has 308 valence electrons. The lowest BCUT2D eigenvalue weighted by molar-refractivity contribution is -0.384. The second kappa shape index (κ2) is 19.5. The molecule has 0 unspecified atom stereocenters. The Bertz CT molecular complexity index is 3250. The van der Waals surface area contributed by atoms with Crippen LogP contribution in [0.15, 0.2) is 204 Å². The number of benzene rings is 6. The number of nitro groups is 2. The molecule has 4 aromatic heterocycles. The fraction of sp³-hybridized carbons (Fsp3) is 0. The lowest BCUT2D eigenvalue weighted by atomic mass is 10.0. The molecule has 13 heteroatoms. The van der Waals surface area contributed by atoms with Crippen LogP contribution in [0.4, 0.5) is 11.4 Å². The number of aromatic nitrogens is 4. The number of nitrogens with one attached hydrogen (secondary N) is 1. The number of hydrogen-bond acceptors (Lipinski definition) is 6. The van der Waals surface area contributed by atoms with Gasteiger partial charge in [0.15, 0.2) is 0 Å². The van der Waals surface area contributed by atoms with E-state index >= 15 is 0 Å². The number of fused-ring (bicyclic) bond motifs is 2. The van der Waals surface area contributed by atoms with Gasteiger partial charge in [0.1, 0.15) is 0 Å². The second-order valence-corrected chi connectivity index (χ2v) is 17.1. The summed E-state index contributed by atoms with van der Waals surface area (Å²) in [5, 5.41) is 24.6. The molecule has 0 aliphatic heterocycles. The van der Waals surface area contributed by atoms with Crippen LogP contribution in [0.25, 0.3) is 72.3 Å². The van der Waals surface area contributed by atoms with Gasteiger partial charge in [0.25, 0.3) is 11.4 Å². The number of aromatic amines is 1. The third kappa shape index (κ3) is 10.1. The number of H-pyrrole nitrogens is 1. The lowest BCUT2D eigenvalue weighted by Crippen LogP contribution is -1.94. The van der Waals surface area contributed by atoms with Crippen LogP contribution in [0, 0.1) is 23.8 Å². The highest BCUT2D eigenvalue weighted by Gasteiger charge is 2.18. The van der Waals surface area contributed by atoms with Gasteiger partial charge in [-0.05, 0) is 148 Å². The van der Waals surface area contributed by atoms with Crippen LogP contribution >= 0.6 is 54.5 Å². The number of hydrogen-bond donors (Lipinski definition) is 1. The molecule has 10 nitrogen and oxygen atoms in total. The van der Waals surface area contributed by atoms with Gasteiger partial charge < -0.3 is 9.55 Å². The smallest absolute Gasteiger partial charge is 0.277 e. The van der Waals surface area contributed by atoms with Crippen molar-refractivity contribution in [2.75, 3.05) is 0 Å². The summed E-state index contributed by atoms with van der Waals surface area (Å²) in [6, 6.07) is 54.0. The molecule has 1 N–H and O–H groups in total. The molecule has 10 aromatic rings. The number of nitro benzene ring substituents is 2. The monoisotopic (exact) mass is 1070 g/mol. The van der Waals surface area contributed by atoms with Gasteiger partial charge in [-0.1, -0.05) is 80.4 Å². The Morgan fingerprint density at radius 2 is 1.13 bits per heavy atom. The number of rotatable bonds is 7. The number of pyridine rings is 2. The van der Waals surface area contributed by atoms with Crippen molar-refractivity contribution in [3.63, 3.8) is 0 Å². The molecule has 0 bridgehead atoms. The maximum atomic E-state index is 11.5. The molecule has 0 aliphatic rings. The zero-order valence-corrected chi connectivity index (χ0v) is 38.3. The molecule has 0 fully saturated rings. The molecule has 0 saturated carbocycles.